The third-order valence-electron chi connectivity index (χ3n) is 5.72. The number of fused-ring (bicyclic) bond motifs is 1. The van der Waals surface area contributed by atoms with Crippen molar-refractivity contribution in [2.24, 2.45) is 0 Å². The molecule has 1 fully saturated rings. The van der Waals surface area contributed by atoms with Crippen LogP contribution in [0.3, 0.4) is 0 Å². The molecule has 3 aromatic rings. The van der Waals surface area contributed by atoms with Gasteiger partial charge < -0.3 is 4.74 Å². The first-order chi connectivity index (χ1) is 15.8. The minimum absolute atomic E-state index is 0.155. The zero-order chi connectivity index (χ0) is 23.4. The number of rotatable bonds is 8. The summed E-state index contributed by atoms with van der Waals surface area (Å²) in [5.41, 5.74) is 3.05. The molecular formula is C24H29N3O4S2. The number of carbonyl (C=O) groups excluding carboxylic acids is 1. The summed E-state index contributed by atoms with van der Waals surface area (Å²) in [6, 6.07) is 12.2. The van der Waals surface area contributed by atoms with Gasteiger partial charge in [0.1, 0.15) is 5.75 Å². The number of hydrogen-bond acceptors (Lipinski definition) is 7. The highest BCUT2D eigenvalue weighted by atomic mass is 32.2. The minimum Gasteiger partial charge on any atom is -0.379 e. The molecule has 1 aromatic heterocycles. The normalized spacial score (nSPS) is 15.1. The van der Waals surface area contributed by atoms with Crippen LogP contribution in [0.1, 0.15) is 17.5 Å². The van der Waals surface area contributed by atoms with E-state index in [2.05, 4.69) is 11.0 Å². The highest BCUT2D eigenvalue weighted by molar-refractivity contribution is 7.92. The van der Waals surface area contributed by atoms with Gasteiger partial charge in [0.25, 0.3) is 0 Å². The first-order valence-electron chi connectivity index (χ1n) is 11.1. The van der Waals surface area contributed by atoms with Crippen LogP contribution < -0.4 is 4.90 Å². The summed E-state index contributed by atoms with van der Waals surface area (Å²) in [5.74, 6) is -1.03. The van der Waals surface area contributed by atoms with Crippen molar-refractivity contribution in [3.05, 3.63) is 53.6 Å². The highest BCUT2D eigenvalue weighted by Gasteiger charge is 2.27. The Hall–Kier alpha value is -2.33. The molecule has 1 amide bonds. The Kier molecular flexibility index (Phi) is 7.43. The van der Waals surface area contributed by atoms with E-state index in [1.807, 2.05) is 19.9 Å². The molecule has 1 saturated heterocycles. The fourth-order valence-corrected chi connectivity index (χ4v) is 6.31. The molecule has 7 nitrogen and oxygen atoms in total. The number of hydrogen-bond donors (Lipinski definition) is 0. The first-order valence-corrected chi connectivity index (χ1v) is 13.6. The summed E-state index contributed by atoms with van der Waals surface area (Å²) >= 11 is 1.44. The summed E-state index contributed by atoms with van der Waals surface area (Å²) in [6.45, 7) is 8.46. The van der Waals surface area contributed by atoms with Crippen LogP contribution >= 0.6 is 11.3 Å². The lowest BCUT2D eigenvalue weighted by Crippen LogP contribution is -2.40. The third-order valence-corrected chi connectivity index (χ3v) is 8.56. The molecule has 0 saturated carbocycles. The molecule has 2 aromatic carbocycles. The van der Waals surface area contributed by atoms with Crippen LogP contribution in [0.15, 0.2) is 47.4 Å². The van der Waals surface area contributed by atoms with Crippen molar-refractivity contribution >= 4 is 42.4 Å². The number of benzene rings is 2. The van der Waals surface area contributed by atoms with E-state index in [1.54, 1.807) is 23.1 Å². The molecule has 0 bridgehead atoms. The van der Waals surface area contributed by atoms with Gasteiger partial charge in [0, 0.05) is 26.2 Å². The number of aromatic nitrogens is 1. The largest absolute Gasteiger partial charge is 0.379 e. The van der Waals surface area contributed by atoms with Gasteiger partial charge in [-0.25, -0.2) is 13.4 Å². The number of sulfone groups is 1. The van der Waals surface area contributed by atoms with Crippen LogP contribution in [0.4, 0.5) is 5.13 Å². The van der Waals surface area contributed by atoms with Crippen LogP contribution in [0.25, 0.3) is 10.2 Å². The monoisotopic (exact) mass is 487 g/mol. The molecule has 4 rings (SSSR count). The SMILES string of the molecule is Cc1cc(C)c2sc(N(CCCN3CCOCC3)C(=O)CS(=O)(=O)c3ccccc3)nc2c1. The summed E-state index contributed by atoms with van der Waals surface area (Å²) < 4.78 is 32.2. The molecular weight excluding hydrogens is 458 g/mol. The summed E-state index contributed by atoms with van der Waals surface area (Å²) in [7, 11) is -3.74. The summed E-state index contributed by atoms with van der Waals surface area (Å²) in [5, 5.41) is 0.550. The van der Waals surface area contributed by atoms with E-state index in [-0.39, 0.29) is 4.90 Å². The fourth-order valence-electron chi connectivity index (χ4n) is 4.04. The maximum atomic E-state index is 13.3. The summed E-state index contributed by atoms with van der Waals surface area (Å²) in [4.78, 5) is 22.1. The number of ether oxygens (including phenoxy) is 1. The lowest BCUT2D eigenvalue weighted by atomic mass is 10.1. The lowest BCUT2D eigenvalue weighted by Gasteiger charge is -2.27. The van der Waals surface area contributed by atoms with Crippen molar-refractivity contribution < 1.29 is 17.9 Å². The molecule has 176 valence electrons. The predicted molar refractivity (Wildman–Crippen MR) is 132 cm³/mol. The van der Waals surface area contributed by atoms with Gasteiger partial charge in [0.15, 0.2) is 15.0 Å². The van der Waals surface area contributed by atoms with E-state index in [9.17, 15) is 13.2 Å². The Balaban J connectivity index is 1.58. The van der Waals surface area contributed by atoms with E-state index in [1.165, 1.54) is 23.5 Å². The average molecular weight is 488 g/mol. The number of thiazole rings is 1. The second-order valence-electron chi connectivity index (χ2n) is 8.35. The zero-order valence-electron chi connectivity index (χ0n) is 19.0. The van der Waals surface area contributed by atoms with Crippen molar-refractivity contribution in [2.45, 2.75) is 25.2 Å². The maximum absolute atomic E-state index is 13.3. The van der Waals surface area contributed by atoms with Crippen molar-refractivity contribution in [3.8, 4) is 0 Å². The van der Waals surface area contributed by atoms with E-state index in [0.717, 1.165) is 47.4 Å². The number of carbonyl (C=O) groups is 1. The maximum Gasteiger partial charge on any atom is 0.244 e. The molecule has 9 heteroatoms. The van der Waals surface area contributed by atoms with Gasteiger partial charge >= 0.3 is 0 Å². The Morgan fingerprint density at radius 1 is 1.15 bits per heavy atom. The minimum atomic E-state index is -3.74. The van der Waals surface area contributed by atoms with Crippen molar-refractivity contribution in [3.63, 3.8) is 0 Å². The number of anilines is 1. The predicted octanol–water partition coefficient (Wildman–Crippen LogP) is 3.44. The van der Waals surface area contributed by atoms with Gasteiger partial charge in [-0.2, -0.15) is 0 Å². The third kappa shape index (κ3) is 5.78. The Bertz CT molecular complexity index is 1220. The van der Waals surface area contributed by atoms with E-state index >= 15 is 0 Å². The quantitative estimate of drug-likeness (QED) is 0.484. The average Bonchev–Trinajstić information content (AvgIpc) is 3.21. The summed E-state index contributed by atoms with van der Waals surface area (Å²) in [6.07, 6.45) is 0.727. The van der Waals surface area contributed by atoms with Crippen LogP contribution in [0, 0.1) is 13.8 Å². The van der Waals surface area contributed by atoms with Crippen molar-refractivity contribution in [1.82, 2.24) is 9.88 Å². The first kappa shape index (κ1) is 23.8. The molecule has 33 heavy (non-hydrogen) atoms. The highest BCUT2D eigenvalue weighted by Crippen LogP contribution is 2.32. The van der Waals surface area contributed by atoms with Gasteiger partial charge in [-0.1, -0.05) is 35.6 Å². The molecule has 0 N–H and O–H groups in total. The number of nitrogens with zero attached hydrogens (tertiary/aromatic N) is 3. The molecule has 1 aliphatic heterocycles. The van der Waals surface area contributed by atoms with Crippen LogP contribution in [-0.4, -0.2) is 69.4 Å². The topological polar surface area (TPSA) is 79.8 Å². The number of aryl methyl sites for hydroxylation is 2. The molecule has 0 aliphatic carbocycles. The number of morpholine rings is 1. The lowest BCUT2D eigenvalue weighted by molar-refractivity contribution is -0.116. The van der Waals surface area contributed by atoms with Gasteiger partial charge in [-0.05, 0) is 49.6 Å². The van der Waals surface area contributed by atoms with E-state index in [4.69, 9.17) is 9.72 Å². The van der Waals surface area contributed by atoms with Crippen molar-refractivity contribution in [2.75, 3.05) is 50.0 Å². The fraction of sp³-hybridized carbons (Fsp3) is 0.417. The number of amides is 1. The standard InChI is InChI=1S/C24H29N3O4S2/c1-18-15-19(2)23-21(16-18)25-24(32-23)27(10-6-9-26-11-13-31-14-12-26)22(28)17-33(29,30)20-7-4-3-5-8-20/h3-5,7-8,15-16H,6,9-14,17H2,1-2H3. The second kappa shape index (κ2) is 10.3. The van der Waals surface area contributed by atoms with Crippen LogP contribution in [-0.2, 0) is 19.4 Å². The molecule has 0 spiro atoms. The molecule has 2 heterocycles. The smallest absolute Gasteiger partial charge is 0.244 e. The second-order valence-corrected chi connectivity index (χ2v) is 11.3. The Morgan fingerprint density at radius 3 is 2.61 bits per heavy atom. The van der Waals surface area contributed by atoms with Gasteiger partial charge in [-0.3, -0.25) is 14.6 Å². The molecule has 1 aliphatic rings. The van der Waals surface area contributed by atoms with Crippen molar-refractivity contribution in [1.29, 1.82) is 0 Å². The molecule has 0 radical (unpaired) electrons. The van der Waals surface area contributed by atoms with E-state index < -0.39 is 21.5 Å². The Morgan fingerprint density at radius 2 is 1.88 bits per heavy atom. The zero-order valence-corrected chi connectivity index (χ0v) is 20.6. The van der Waals surface area contributed by atoms with E-state index in [0.29, 0.717) is 24.9 Å². The van der Waals surface area contributed by atoms with Gasteiger partial charge in [0.2, 0.25) is 5.91 Å². The van der Waals surface area contributed by atoms with Crippen LogP contribution in [0.5, 0.6) is 0 Å². The van der Waals surface area contributed by atoms with Gasteiger partial charge in [0.05, 0.1) is 28.3 Å². The molecule has 0 unspecified atom stereocenters. The van der Waals surface area contributed by atoms with Gasteiger partial charge in [-0.15, -0.1) is 0 Å². The van der Waals surface area contributed by atoms with Crippen LogP contribution in [0.2, 0.25) is 0 Å². The Labute approximate surface area is 198 Å². The molecule has 0 atom stereocenters.